The van der Waals surface area contributed by atoms with Crippen LogP contribution in [-0.2, 0) is 9.59 Å². The number of aliphatic carboxylic acids is 1. The van der Waals surface area contributed by atoms with Gasteiger partial charge in [0.1, 0.15) is 12.3 Å². The second-order valence-corrected chi connectivity index (χ2v) is 8.16. The van der Waals surface area contributed by atoms with Gasteiger partial charge in [0.15, 0.2) is 5.69 Å². The number of aromatic hydroxyl groups is 1. The average Bonchev–Trinajstić information content (AvgIpc) is 2.78. The molecule has 0 unspecified atom stereocenters. The number of carbonyl (C=O) groups excluding carboxylic acids is 2. The number of carboxylic acids is 1. The normalized spacial score (nSPS) is 14.1. The Kier molecular flexibility index (Phi) is 7.76. The molecule has 9 nitrogen and oxygen atoms in total. The zero-order valence-corrected chi connectivity index (χ0v) is 18.5. The molecule has 1 aliphatic rings. The molecule has 0 saturated carbocycles. The number of hydrogen-bond acceptors (Lipinski definition) is 6. The van der Waals surface area contributed by atoms with Gasteiger partial charge in [-0.1, -0.05) is 23.2 Å². The van der Waals surface area contributed by atoms with Gasteiger partial charge in [-0.05, 0) is 48.6 Å². The number of aromatic nitrogens is 1. The summed E-state index contributed by atoms with van der Waals surface area (Å²) in [7, 11) is 0. The molecule has 2 amide bonds. The highest BCUT2D eigenvalue weighted by Crippen LogP contribution is 2.30. The Balaban J connectivity index is 1.51. The number of nitrogens with zero attached hydrogens (tertiary/aromatic N) is 2. The number of anilines is 1. The van der Waals surface area contributed by atoms with Gasteiger partial charge in [-0.15, -0.1) is 0 Å². The molecule has 0 radical (unpaired) electrons. The summed E-state index contributed by atoms with van der Waals surface area (Å²) in [5.74, 6) is -2.22. The number of carbonyl (C=O) groups is 3. The van der Waals surface area contributed by atoms with E-state index in [-0.39, 0.29) is 29.8 Å². The van der Waals surface area contributed by atoms with Gasteiger partial charge >= 0.3 is 5.97 Å². The second kappa shape index (κ2) is 10.5. The maximum absolute atomic E-state index is 12.5. The Morgan fingerprint density at radius 2 is 1.81 bits per heavy atom. The predicted molar refractivity (Wildman–Crippen MR) is 119 cm³/mol. The Morgan fingerprint density at radius 1 is 1.09 bits per heavy atom. The largest absolute Gasteiger partial charge is 0.505 e. The maximum Gasteiger partial charge on any atom is 0.322 e. The number of nitrogens with one attached hydrogen (secondary N) is 2. The van der Waals surface area contributed by atoms with Crippen LogP contribution in [0.5, 0.6) is 5.75 Å². The summed E-state index contributed by atoms with van der Waals surface area (Å²) < 4.78 is 0. The lowest BCUT2D eigenvalue weighted by atomic mass is 9.90. The molecular formula is C21H22Cl2N4O5. The first kappa shape index (κ1) is 23.6. The standard InChI is InChI=1S/C21H22Cl2N4O5/c22-15-2-1-14(8-16(15)23)24-10-18(29)27-5-3-12(4-6-27)13-7-17(28)20(25-9-13)21(32)26-11-19(30)31/h1-2,7-9,12,24,28H,3-6,10-11H2,(H,26,32)(H,30,31). The smallest absolute Gasteiger partial charge is 0.322 e. The molecule has 0 bridgehead atoms. The van der Waals surface area contributed by atoms with Crippen LogP contribution in [0, 0.1) is 0 Å². The van der Waals surface area contributed by atoms with Crippen LogP contribution in [-0.4, -0.2) is 64.1 Å². The van der Waals surface area contributed by atoms with Crippen LogP contribution in [0.2, 0.25) is 10.0 Å². The monoisotopic (exact) mass is 480 g/mol. The number of likely N-dealkylation sites (tertiary alicyclic amines) is 1. The van der Waals surface area contributed by atoms with Crippen LogP contribution < -0.4 is 10.6 Å². The van der Waals surface area contributed by atoms with Gasteiger partial charge in [-0.25, -0.2) is 4.98 Å². The van der Waals surface area contributed by atoms with Crippen molar-refractivity contribution in [1.29, 1.82) is 0 Å². The molecule has 170 valence electrons. The van der Waals surface area contributed by atoms with Crippen molar-refractivity contribution in [3.05, 3.63) is 51.8 Å². The van der Waals surface area contributed by atoms with E-state index in [1.165, 1.54) is 12.3 Å². The van der Waals surface area contributed by atoms with Crippen molar-refractivity contribution in [3.63, 3.8) is 0 Å². The first-order chi connectivity index (χ1) is 15.2. The summed E-state index contributed by atoms with van der Waals surface area (Å²) in [6.45, 7) is 0.668. The first-order valence-electron chi connectivity index (χ1n) is 9.90. The van der Waals surface area contributed by atoms with Crippen LogP contribution in [0.1, 0.15) is 34.8 Å². The number of carboxylic acid groups (broad SMARTS) is 1. The van der Waals surface area contributed by atoms with Gasteiger partial charge in [0.2, 0.25) is 5.91 Å². The van der Waals surface area contributed by atoms with Crippen molar-refractivity contribution in [2.75, 3.05) is 31.5 Å². The summed E-state index contributed by atoms with van der Waals surface area (Å²) in [6, 6.07) is 6.54. The van der Waals surface area contributed by atoms with Crippen LogP contribution >= 0.6 is 23.2 Å². The molecule has 2 aromatic rings. The minimum atomic E-state index is -1.19. The summed E-state index contributed by atoms with van der Waals surface area (Å²) in [5, 5.41) is 24.8. The molecule has 1 saturated heterocycles. The summed E-state index contributed by atoms with van der Waals surface area (Å²) in [6.07, 6.45) is 2.87. The van der Waals surface area contributed by atoms with Crippen molar-refractivity contribution in [2.24, 2.45) is 0 Å². The molecule has 0 spiro atoms. The third-order valence-electron chi connectivity index (χ3n) is 5.19. The van der Waals surface area contributed by atoms with Gasteiger partial charge < -0.3 is 25.7 Å². The van der Waals surface area contributed by atoms with E-state index in [1.807, 2.05) is 0 Å². The molecule has 4 N–H and O–H groups in total. The lowest BCUT2D eigenvalue weighted by Gasteiger charge is -2.32. The van der Waals surface area contributed by atoms with Gasteiger partial charge in [0, 0.05) is 25.0 Å². The number of hydrogen-bond donors (Lipinski definition) is 4. The van der Waals surface area contributed by atoms with Crippen LogP contribution in [0.3, 0.4) is 0 Å². The van der Waals surface area contributed by atoms with Crippen LogP contribution in [0.15, 0.2) is 30.5 Å². The Bertz CT molecular complexity index is 1030. The molecule has 1 aliphatic heterocycles. The van der Waals surface area contributed by atoms with Crippen molar-refractivity contribution < 1.29 is 24.6 Å². The maximum atomic E-state index is 12.5. The Labute approximate surface area is 194 Å². The number of piperidine rings is 1. The molecule has 0 atom stereocenters. The van der Waals surface area contributed by atoms with E-state index in [4.69, 9.17) is 28.3 Å². The number of benzene rings is 1. The van der Waals surface area contributed by atoms with Gasteiger partial charge in [0.05, 0.1) is 16.6 Å². The molecule has 1 fully saturated rings. The van der Waals surface area contributed by atoms with Crippen molar-refractivity contribution >= 4 is 46.7 Å². The summed E-state index contributed by atoms with van der Waals surface area (Å²) in [4.78, 5) is 40.7. The number of halogens is 2. The van der Waals surface area contributed by atoms with Crippen LogP contribution in [0.25, 0.3) is 0 Å². The number of rotatable bonds is 7. The molecular weight excluding hydrogens is 459 g/mol. The Morgan fingerprint density at radius 3 is 2.44 bits per heavy atom. The first-order valence-corrected chi connectivity index (χ1v) is 10.7. The lowest BCUT2D eigenvalue weighted by molar-refractivity contribution is -0.135. The van der Waals surface area contributed by atoms with Gasteiger partial charge in [0.25, 0.3) is 5.91 Å². The molecule has 2 heterocycles. The van der Waals surface area contributed by atoms with Crippen molar-refractivity contribution in [2.45, 2.75) is 18.8 Å². The van der Waals surface area contributed by atoms with E-state index >= 15 is 0 Å². The third kappa shape index (κ3) is 6.02. The molecule has 1 aromatic carbocycles. The fourth-order valence-electron chi connectivity index (χ4n) is 3.46. The molecule has 11 heteroatoms. The predicted octanol–water partition coefficient (Wildman–Crippen LogP) is 2.73. The van der Waals surface area contributed by atoms with E-state index < -0.39 is 18.4 Å². The summed E-state index contributed by atoms with van der Waals surface area (Å²) in [5.41, 5.74) is 1.24. The zero-order valence-electron chi connectivity index (χ0n) is 17.0. The third-order valence-corrected chi connectivity index (χ3v) is 5.93. The number of pyridine rings is 1. The topological polar surface area (TPSA) is 132 Å². The van der Waals surface area contributed by atoms with Crippen LogP contribution in [0.4, 0.5) is 5.69 Å². The molecule has 0 aliphatic carbocycles. The highest BCUT2D eigenvalue weighted by atomic mass is 35.5. The van der Waals surface area contributed by atoms with E-state index in [2.05, 4.69) is 15.6 Å². The Hall–Kier alpha value is -3.04. The minimum Gasteiger partial charge on any atom is -0.505 e. The van der Waals surface area contributed by atoms with E-state index in [0.29, 0.717) is 41.7 Å². The SMILES string of the molecule is O=C(O)CNC(=O)c1ncc(C2CCN(C(=O)CNc3ccc(Cl)c(Cl)c3)CC2)cc1O. The summed E-state index contributed by atoms with van der Waals surface area (Å²) >= 11 is 11.9. The second-order valence-electron chi connectivity index (χ2n) is 7.35. The highest BCUT2D eigenvalue weighted by molar-refractivity contribution is 6.42. The van der Waals surface area contributed by atoms with Crippen molar-refractivity contribution in [1.82, 2.24) is 15.2 Å². The fraction of sp³-hybridized carbons (Fsp3) is 0.333. The molecule has 32 heavy (non-hydrogen) atoms. The van der Waals surface area contributed by atoms with Crippen molar-refractivity contribution in [3.8, 4) is 5.75 Å². The fourth-order valence-corrected chi connectivity index (χ4v) is 3.76. The zero-order chi connectivity index (χ0) is 23.3. The average molecular weight is 481 g/mol. The van der Waals surface area contributed by atoms with Gasteiger partial charge in [-0.3, -0.25) is 14.4 Å². The minimum absolute atomic E-state index is 0.0408. The quantitative estimate of drug-likeness (QED) is 0.478. The molecule has 1 aromatic heterocycles. The van der Waals surface area contributed by atoms with Gasteiger partial charge in [-0.2, -0.15) is 0 Å². The van der Waals surface area contributed by atoms with E-state index in [1.54, 1.807) is 23.1 Å². The van der Waals surface area contributed by atoms with E-state index in [0.717, 1.165) is 5.56 Å². The lowest BCUT2D eigenvalue weighted by Crippen LogP contribution is -2.41. The van der Waals surface area contributed by atoms with E-state index in [9.17, 15) is 19.5 Å². The highest BCUT2D eigenvalue weighted by Gasteiger charge is 2.25. The number of amides is 2. The molecule has 3 rings (SSSR count).